The minimum absolute atomic E-state index is 0.469. The molecule has 9 nitrogen and oxygen atoms in total. The van der Waals surface area contributed by atoms with Crippen molar-refractivity contribution in [1.82, 2.24) is 0 Å². The Morgan fingerprint density at radius 1 is 0.442 bits per heavy atom. The fourth-order valence-corrected chi connectivity index (χ4v) is 4.11. The number of ketones is 3. The Balaban J connectivity index is 1.93. The van der Waals surface area contributed by atoms with Gasteiger partial charge in [0.1, 0.15) is 5.92 Å². The van der Waals surface area contributed by atoms with Crippen LogP contribution in [0.4, 0.5) is 0 Å². The van der Waals surface area contributed by atoms with Crippen molar-refractivity contribution in [2.45, 2.75) is 0 Å². The van der Waals surface area contributed by atoms with E-state index in [1.54, 1.807) is 54.6 Å². The lowest BCUT2D eigenvalue weighted by Crippen LogP contribution is -2.28. The summed E-state index contributed by atoms with van der Waals surface area (Å²) in [5.74, 6) is -0.677. The van der Waals surface area contributed by atoms with Crippen molar-refractivity contribution in [2.24, 2.45) is 5.92 Å². The third kappa shape index (κ3) is 8.36. The Labute approximate surface area is 250 Å². The van der Waals surface area contributed by atoms with Crippen molar-refractivity contribution in [1.29, 1.82) is 0 Å². The molecule has 3 rings (SSSR count). The van der Waals surface area contributed by atoms with Crippen LogP contribution in [0.15, 0.2) is 72.8 Å². The summed E-state index contributed by atoms with van der Waals surface area (Å²) in [5.41, 5.74) is 1.85. The number of carbonyl (C=O) groups excluding carboxylic acids is 3. The molecule has 0 heterocycles. The molecule has 0 atom stereocenters. The maximum atomic E-state index is 13.3. The summed E-state index contributed by atoms with van der Waals surface area (Å²) in [6.07, 6.45) is 8.14. The van der Waals surface area contributed by atoms with E-state index >= 15 is 0 Å². The lowest BCUT2D eigenvalue weighted by Gasteiger charge is -2.10. The van der Waals surface area contributed by atoms with Crippen LogP contribution in [-0.2, 0) is 14.4 Å². The van der Waals surface area contributed by atoms with Gasteiger partial charge < -0.3 is 28.4 Å². The van der Waals surface area contributed by atoms with E-state index in [0.717, 1.165) is 0 Å². The predicted octanol–water partition coefficient (Wildman–Crippen LogP) is 5.50. The second-order valence-corrected chi connectivity index (χ2v) is 8.98. The lowest BCUT2D eigenvalue weighted by atomic mass is 9.92. The topological polar surface area (TPSA) is 107 Å². The van der Waals surface area contributed by atoms with Crippen LogP contribution in [0.2, 0.25) is 0 Å². The van der Waals surface area contributed by atoms with Crippen LogP contribution in [-0.4, -0.2) is 60.0 Å². The molecule has 0 bridgehead atoms. The Kier molecular flexibility index (Phi) is 11.7. The summed E-state index contributed by atoms with van der Waals surface area (Å²) in [7, 11) is 9.05. The highest BCUT2D eigenvalue weighted by molar-refractivity contribution is 6.28. The molecule has 0 radical (unpaired) electrons. The van der Waals surface area contributed by atoms with Gasteiger partial charge in [-0.15, -0.1) is 0 Å². The molecule has 3 aromatic rings. The van der Waals surface area contributed by atoms with Crippen LogP contribution in [0.3, 0.4) is 0 Å². The first-order valence-corrected chi connectivity index (χ1v) is 13.1. The van der Waals surface area contributed by atoms with Crippen molar-refractivity contribution < 1.29 is 42.8 Å². The summed E-state index contributed by atoms with van der Waals surface area (Å²) in [6.45, 7) is 0. The van der Waals surface area contributed by atoms with Gasteiger partial charge in [0.2, 0.25) is 0 Å². The highest BCUT2D eigenvalue weighted by Crippen LogP contribution is 2.30. The Bertz CT molecular complexity index is 1370. The van der Waals surface area contributed by atoms with Crippen molar-refractivity contribution in [3.8, 4) is 34.5 Å². The summed E-state index contributed by atoms with van der Waals surface area (Å²) < 4.78 is 31.7. The molecule has 0 saturated carbocycles. The van der Waals surface area contributed by atoms with E-state index in [1.807, 2.05) is 0 Å². The van der Waals surface area contributed by atoms with Gasteiger partial charge in [-0.2, -0.15) is 0 Å². The second kappa shape index (κ2) is 15.6. The highest BCUT2D eigenvalue weighted by atomic mass is 16.5. The van der Waals surface area contributed by atoms with Gasteiger partial charge in [-0.25, -0.2) is 0 Å². The first-order valence-electron chi connectivity index (χ1n) is 13.1. The average Bonchev–Trinajstić information content (AvgIpc) is 3.04. The van der Waals surface area contributed by atoms with Gasteiger partial charge in [-0.05, 0) is 71.3 Å². The fourth-order valence-electron chi connectivity index (χ4n) is 4.11. The molecule has 0 aliphatic rings. The summed E-state index contributed by atoms with van der Waals surface area (Å²) in [4.78, 5) is 40.0. The second-order valence-electron chi connectivity index (χ2n) is 8.98. The standard InChI is InChI=1S/C34H34O9/c1-38-28-16-10-22(19-31(28)41-4)7-13-25(35)34(26(36)14-8-23-11-17-29(39-2)32(20-23)42-5)27(37)15-9-24-12-18-30(40-3)33(21-24)43-6/h7-21,34H,1-6H3. The maximum absolute atomic E-state index is 13.3. The fraction of sp³-hybridized carbons (Fsp3) is 0.206. The molecule has 0 spiro atoms. The molecule has 3 aromatic carbocycles. The molecule has 0 aromatic heterocycles. The lowest BCUT2D eigenvalue weighted by molar-refractivity contribution is -0.134. The zero-order chi connectivity index (χ0) is 31.4. The molecule has 9 heteroatoms. The molecule has 0 amide bonds. The van der Waals surface area contributed by atoms with E-state index in [1.165, 1.54) is 79.1 Å². The van der Waals surface area contributed by atoms with Crippen molar-refractivity contribution in [3.63, 3.8) is 0 Å². The van der Waals surface area contributed by atoms with Crippen LogP contribution >= 0.6 is 0 Å². The minimum Gasteiger partial charge on any atom is -0.493 e. The van der Waals surface area contributed by atoms with Gasteiger partial charge in [-0.3, -0.25) is 14.4 Å². The summed E-state index contributed by atoms with van der Waals surface area (Å²) in [6, 6.07) is 15.3. The van der Waals surface area contributed by atoms with Crippen molar-refractivity contribution in [3.05, 3.63) is 89.5 Å². The summed E-state index contributed by atoms with van der Waals surface area (Å²) >= 11 is 0. The predicted molar refractivity (Wildman–Crippen MR) is 164 cm³/mol. The number of benzene rings is 3. The van der Waals surface area contributed by atoms with E-state index in [4.69, 9.17) is 28.4 Å². The molecular weight excluding hydrogens is 552 g/mol. The zero-order valence-electron chi connectivity index (χ0n) is 24.9. The molecule has 0 aliphatic carbocycles. The molecule has 0 saturated heterocycles. The number of rotatable bonds is 15. The minimum atomic E-state index is -1.61. The van der Waals surface area contributed by atoms with Gasteiger partial charge in [-0.1, -0.05) is 36.4 Å². The SMILES string of the molecule is COc1ccc(C=CC(=O)C(C(=O)C=Cc2ccc(OC)c(OC)c2)C(=O)C=Cc2ccc(OC)c(OC)c2)cc1OC. The first kappa shape index (κ1) is 32.2. The van der Waals surface area contributed by atoms with Gasteiger partial charge >= 0.3 is 0 Å². The number of methoxy groups -OCH3 is 6. The molecular formula is C34H34O9. The number of hydrogen-bond donors (Lipinski definition) is 0. The quantitative estimate of drug-likeness (QED) is 0.169. The number of carbonyl (C=O) groups is 3. The largest absolute Gasteiger partial charge is 0.493 e. The average molecular weight is 587 g/mol. The third-order valence-corrected chi connectivity index (χ3v) is 6.40. The summed E-state index contributed by atoms with van der Waals surface area (Å²) in [5, 5.41) is 0. The van der Waals surface area contributed by atoms with Crippen LogP contribution in [0.5, 0.6) is 34.5 Å². The van der Waals surface area contributed by atoms with E-state index < -0.39 is 23.3 Å². The molecule has 0 fully saturated rings. The highest BCUT2D eigenvalue weighted by Gasteiger charge is 2.29. The van der Waals surface area contributed by atoms with Gasteiger partial charge in [0.25, 0.3) is 0 Å². The number of allylic oxidation sites excluding steroid dienone is 3. The monoisotopic (exact) mass is 586 g/mol. The van der Waals surface area contributed by atoms with Gasteiger partial charge in [0.05, 0.1) is 42.7 Å². The van der Waals surface area contributed by atoms with Crippen LogP contribution in [0.25, 0.3) is 18.2 Å². The molecule has 224 valence electrons. The Morgan fingerprint density at radius 3 is 0.930 bits per heavy atom. The maximum Gasteiger partial charge on any atom is 0.174 e. The van der Waals surface area contributed by atoms with E-state index in [2.05, 4.69) is 0 Å². The zero-order valence-corrected chi connectivity index (χ0v) is 24.9. The van der Waals surface area contributed by atoms with E-state index in [0.29, 0.717) is 51.2 Å². The van der Waals surface area contributed by atoms with E-state index in [9.17, 15) is 14.4 Å². The first-order chi connectivity index (χ1) is 20.8. The Hall–Kier alpha value is -5.31. The Morgan fingerprint density at radius 2 is 0.698 bits per heavy atom. The number of hydrogen-bond acceptors (Lipinski definition) is 9. The smallest absolute Gasteiger partial charge is 0.174 e. The third-order valence-electron chi connectivity index (χ3n) is 6.40. The van der Waals surface area contributed by atoms with Crippen LogP contribution < -0.4 is 28.4 Å². The van der Waals surface area contributed by atoms with Gasteiger partial charge in [0, 0.05) is 0 Å². The van der Waals surface area contributed by atoms with Gasteiger partial charge in [0.15, 0.2) is 51.8 Å². The van der Waals surface area contributed by atoms with Crippen LogP contribution in [0, 0.1) is 5.92 Å². The van der Waals surface area contributed by atoms with Crippen molar-refractivity contribution in [2.75, 3.05) is 42.7 Å². The molecule has 0 aliphatic heterocycles. The van der Waals surface area contributed by atoms with Crippen LogP contribution in [0.1, 0.15) is 16.7 Å². The van der Waals surface area contributed by atoms with Crippen molar-refractivity contribution >= 4 is 35.6 Å². The molecule has 0 unspecified atom stereocenters. The number of ether oxygens (including phenoxy) is 6. The molecule has 43 heavy (non-hydrogen) atoms. The normalized spacial score (nSPS) is 11.9. The molecule has 0 N–H and O–H groups in total. The van der Waals surface area contributed by atoms with E-state index in [-0.39, 0.29) is 0 Å².